The highest BCUT2D eigenvalue weighted by Gasteiger charge is 2.49. The summed E-state index contributed by atoms with van der Waals surface area (Å²) in [4.78, 5) is 8.87. The van der Waals surface area contributed by atoms with Crippen molar-refractivity contribution in [2.45, 2.75) is 37.4 Å². The van der Waals surface area contributed by atoms with E-state index in [-0.39, 0.29) is 0 Å². The second-order valence-corrected chi connectivity index (χ2v) is 7.30. The number of rotatable bonds is 2. The van der Waals surface area contributed by atoms with Gasteiger partial charge in [0.25, 0.3) is 5.89 Å². The van der Waals surface area contributed by atoms with Crippen LogP contribution in [-0.2, 0) is 6.42 Å². The summed E-state index contributed by atoms with van der Waals surface area (Å²) in [5.41, 5.74) is 1.96. The number of hydrogen-bond acceptors (Lipinski definition) is 6. The molecule has 0 radical (unpaired) electrons. The van der Waals surface area contributed by atoms with Crippen LogP contribution in [0.2, 0.25) is 5.02 Å². The first-order chi connectivity index (χ1) is 12.6. The lowest BCUT2D eigenvalue weighted by Gasteiger charge is -2.47. The number of nitrogens with zero attached hydrogens (tertiary/aromatic N) is 3. The molecule has 0 bridgehead atoms. The number of aliphatic hydroxyl groups excluding tert-OH is 1. The van der Waals surface area contributed by atoms with Crippen LogP contribution in [-0.4, -0.2) is 31.9 Å². The van der Waals surface area contributed by atoms with Gasteiger partial charge in [-0.1, -0.05) is 16.8 Å². The third-order valence-corrected chi connectivity index (χ3v) is 5.47. The minimum Gasteiger partial charge on any atom is -0.468 e. The minimum atomic E-state index is -0.504. The van der Waals surface area contributed by atoms with Gasteiger partial charge in [0.05, 0.1) is 6.10 Å². The zero-order chi connectivity index (χ0) is 17.7. The summed E-state index contributed by atoms with van der Waals surface area (Å²) in [6, 6.07) is 9.11. The fourth-order valence-electron chi connectivity index (χ4n) is 3.52. The Balaban J connectivity index is 1.45. The second-order valence-electron chi connectivity index (χ2n) is 6.86. The fourth-order valence-corrected chi connectivity index (χ4v) is 3.65. The molecule has 26 heavy (non-hydrogen) atoms. The summed E-state index contributed by atoms with van der Waals surface area (Å²) >= 11 is 5.91. The van der Waals surface area contributed by atoms with E-state index in [1.54, 1.807) is 18.3 Å². The van der Waals surface area contributed by atoms with Gasteiger partial charge in [-0.25, -0.2) is 4.98 Å². The number of aromatic nitrogens is 3. The molecule has 1 aliphatic heterocycles. The van der Waals surface area contributed by atoms with Crippen molar-refractivity contribution < 1.29 is 14.4 Å². The first-order valence-electron chi connectivity index (χ1n) is 8.59. The van der Waals surface area contributed by atoms with E-state index in [1.807, 2.05) is 18.2 Å². The third kappa shape index (κ3) is 2.48. The van der Waals surface area contributed by atoms with E-state index >= 15 is 0 Å². The molecule has 7 heteroatoms. The summed E-state index contributed by atoms with van der Waals surface area (Å²) in [6.45, 7) is 0. The molecule has 1 fully saturated rings. The smallest absolute Gasteiger partial charge is 0.258 e. The molecule has 1 spiro atoms. The van der Waals surface area contributed by atoms with Gasteiger partial charge in [0.1, 0.15) is 5.60 Å². The lowest BCUT2D eigenvalue weighted by Crippen LogP contribution is -2.56. The van der Waals surface area contributed by atoms with Gasteiger partial charge in [0, 0.05) is 34.3 Å². The van der Waals surface area contributed by atoms with Crippen molar-refractivity contribution in [2.75, 3.05) is 0 Å². The summed E-state index contributed by atoms with van der Waals surface area (Å²) in [7, 11) is 0. The normalized spacial score (nSPS) is 20.3. The van der Waals surface area contributed by atoms with Crippen molar-refractivity contribution in [1.29, 1.82) is 0 Å². The summed E-state index contributed by atoms with van der Waals surface area (Å²) < 4.78 is 11.4. The molecule has 0 amide bonds. The number of hydrogen-bond donors (Lipinski definition) is 1. The maximum absolute atomic E-state index is 10.4. The summed E-state index contributed by atoms with van der Waals surface area (Å²) in [5, 5.41) is 15.1. The molecule has 0 unspecified atom stereocenters. The molecule has 3 aromatic rings. The second kappa shape index (κ2) is 5.79. The van der Waals surface area contributed by atoms with Crippen LogP contribution in [0.15, 0.2) is 41.1 Å². The molecule has 2 aliphatic rings. The third-order valence-electron chi connectivity index (χ3n) is 5.22. The van der Waals surface area contributed by atoms with Gasteiger partial charge in [-0.3, -0.25) is 0 Å². The van der Waals surface area contributed by atoms with Crippen LogP contribution < -0.4 is 4.74 Å². The van der Waals surface area contributed by atoms with Crippen LogP contribution in [0.1, 0.15) is 24.8 Å². The molecular weight excluding hydrogens is 354 g/mol. The van der Waals surface area contributed by atoms with E-state index in [9.17, 15) is 5.11 Å². The van der Waals surface area contributed by atoms with E-state index in [0.29, 0.717) is 29.0 Å². The molecule has 1 saturated carbocycles. The van der Waals surface area contributed by atoms with Crippen molar-refractivity contribution in [3.05, 3.63) is 47.1 Å². The molecule has 3 heterocycles. The van der Waals surface area contributed by atoms with E-state index in [1.165, 1.54) is 0 Å². The zero-order valence-electron chi connectivity index (χ0n) is 13.9. The molecule has 1 N–H and O–H groups in total. The van der Waals surface area contributed by atoms with Gasteiger partial charge in [0.2, 0.25) is 11.7 Å². The molecule has 1 aliphatic carbocycles. The Labute approximate surface area is 154 Å². The maximum atomic E-state index is 10.4. The van der Waals surface area contributed by atoms with Gasteiger partial charge >= 0.3 is 0 Å². The molecular formula is C19H16ClN3O3. The summed E-state index contributed by atoms with van der Waals surface area (Å²) in [6.07, 6.45) is 4.55. The number of fused-ring (bicyclic) bond motifs is 1. The number of ether oxygens (including phenoxy) is 1. The number of aliphatic hydroxyl groups is 1. The quantitative estimate of drug-likeness (QED) is 0.742. The highest BCUT2D eigenvalue weighted by Crippen LogP contribution is 2.44. The molecule has 2 aromatic heterocycles. The van der Waals surface area contributed by atoms with Crippen molar-refractivity contribution in [1.82, 2.24) is 15.1 Å². The monoisotopic (exact) mass is 369 g/mol. The largest absolute Gasteiger partial charge is 0.468 e. The maximum Gasteiger partial charge on any atom is 0.258 e. The first kappa shape index (κ1) is 15.8. The molecule has 0 saturated heterocycles. The minimum absolute atomic E-state index is 0.416. The highest BCUT2D eigenvalue weighted by atomic mass is 35.5. The van der Waals surface area contributed by atoms with E-state index < -0.39 is 11.7 Å². The molecule has 6 nitrogen and oxygen atoms in total. The Morgan fingerprint density at radius 1 is 1.15 bits per heavy atom. The van der Waals surface area contributed by atoms with E-state index in [4.69, 9.17) is 20.9 Å². The van der Waals surface area contributed by atoms with Crippen LogP contribution >= 0.6 is 11.6 Å². The van der Waals surface area contributed by atoms with Crippen LogP contribution in [0.25, 0.3) is 22.8 Å². The van der Waals surface area contributed by atoms with Crippen LogP contribution in [0, 0.1) is 0 Å². The molecule has 1 aromatic carbocycles. The average Bonchev–Trinajstić information content (AvgIpc) is 3.10. The van der Waals surface area contributed by atoms with Crippen molar-refractivity contribution in [3.8, 4) is 28.7 Å². The van der Waals surface area contributed by atoms with Crippen molar-refractivity contribution in [3.63, 3.8) is 0 Å². The van der Waals surface area contributed by atoms with Crippen LogP contribution in [0.4, 0.5) is 0 Å². The Kier molecular flexibility index (Phi) is 3.52. The van der Waals surface area contributed by atoms with Gasteiger partial charge in [0.15, 0.2) is 0 Å². The van der Waals surface area contributed by atoms with Gasteiger partial charge in [-0.15, -0.1) is 0 Å². The summed E-state index contributed by atoms with van der Waals surface area (Å²) in [5.74, 6) is 1.46. The number of benzene rings is 1. The predicted molar refractivity (Wildman–Crippen MR) is 94.9 cm³/mol. The number of pyridine rings is 1. The van der Waals surface area contributed by atoms with Gasteiger partial charge < -0.3 is 14.4 Å². The fraction of sp³-hybridized carbons (Fsp3) is 0.316. The zero-order valence-corrected chi connectivity index (χ0v) is 14.6. The Bertz CT molecular complexity index is 966. The standard InChI is InChI=1S/C19H16ClN3O3/c20-14-4-2-11(3-5-14)18-22-16(23-26-18)13-8-12-9-15(24)19(6-1-7-19)25-17(12)21-10-13/h2-5,8,10,15,24H,1,6-7,9H2/t15-/m0/s1. The topological polar surface area (TPSA) is 81.3 Å². The average molecular weight is 370 g/mol. The Morgan fingerprint density at radius 2 is 1.96 bits per heavy atom. The van der Waals surface area contributed by atoms with Gasteiger partial charge in [-0.05, 0) is 49.6 Å². The Morgan fingerprint density at radius 3 is 2.69 bits per heavy atom. The van der Waals surface area contributed by atoms with E-state index in [0.717, 1.165) is 36.0 Å². The van der Waals surface area contributed by atoms with Crippen molar-refractivity contribution >= 4 is 11.6 Å². The molecule has 5 rings (SSSR count). The lowest BCUT2D eigenvalue weighted by molar-refractivity contribution is -0.118. The first-order valence-corrected chi connectivity index (χ1v) is 8.97. The predicted octanol–water partition coefficient (Wildman–Crippen LogP) is 3.67. The van der Waals surface area contributed by atoms with Crippen LogP contribution in [0.3, 0.4) is 0 Å². The SMILES string of the molecule is O[C@H]1Cc2cc(-c3noc(-c4ccc(Cl)cc4)n3)cnc2OC12CCC2. The van der Waals surface area contributed by atoms with E-state index in [2.05, 4.69) is 15.1 Å². The van der Waals surface area contributed by atoms with Crippen molar-refractivity contribution in [2.24, 2.45) is 0 Å². The lowest BCUT2D eigenvalue weighted by atomic mass is 9.73. The van der Waals surface area contributed by atoms with Gasteiger partial charge in [-0.2, -0.15) is 4.98 Å². The highest BCUT2D eigenvalue weighted by molar-refractivity contribution is 6.30. The molecule has 132 valence electrons. The van der Waals surface area contributed by atoms with Crippen LogP contribution in [0.5, 0.6) is 5.88 Å². The number of halogens is 1. The Hall–Kier alpha value is -2.44. The molecule has 1 atom stereocenters.